The van der Waals surface area contributed by atoms with E-state index in [0.29, 0.717) is 72.4 Å². The lowest BCUT2D eigenvalue weighted by molar-refractivity contribution is -0.138. The highest BCUT2D eigenvalue weighted by atomic mass is 19.4. The average molecular weight is 1470 g/mol. The van der Waals surface area contributed by atoms with Gasteiger partial charge in [0.1, 0.15) is 46.0 Å². The predicted octanol–water partition coefficient (Wildman–Crippen LogP) is 26.4. The van der Waals surface area contributed by atoms with E-state index in [0.717, 1.165) is 146 Å². The Labute approximate surface area is 632 Å². The van der Waals surface area contributed by atoms with Gasteiger partial charge in [0, 0.05) is 0 Å². The summed E-state index contributed by atoms with van der Waals surface area (Å²) >= 11 is 0. The summed E-state index contributed by atoms with van der Waals surface area (Å²) < 4.78 is 130. The van der Waals surface area contributed by atoms with E-state index in [9.17, 15) is 26.3 Å². The molecule has 16 aromatic carbocycles. The van der Waals surface area contributed by atoms with E-state index in [4.69, 9.17) is 37.9 Å². The number of rotatable bonds is 16. The number of methoxy groups -OCH3 is 8. The number of ether oxygens (including phenoxy) is 8. The molecule has 0 unspecified atom stereocenters. The zero-order valence-corrected chi connectivity index (χ0v) is 61.9. The first kappa shape index (κ1) is 72.6. The number of aryl methyl sites for hydroxylation is 2. The summed E-state index contributed by atoms with van der Waals surface area (Å²) in [6.07, 6.45) is -9.16. The van der Waals surface area contributed by atoms with Crippen molar-refractivity contribution in [3.8, 4) is 135 Å². The van der Waals surface area contributed by atoms with E-state index in [1.54, 1.807) is 61.9 Å². The van der Waals surface area contributed by atoms with Gasteiger partial charge in [0.05, 0.1) is 68.0 Å². The fraction of sp³-hybridized carbons (Fsp3) is 0.125. The van der Waals surface area contributed by atoms with E-state index in [2.05, 4.69) is 123 Å². The quantitative estimate of drug-likeness (QED) is 0.0700. The van der Waals surface area contributed by atoms with Crippen molar-refractivity contribution in [2.75, 3.05) is 56.9 Å². The molecule has 0 atom stereocenters. The summed E-state index contributed by atoms with van der Waals surface area (Å²) in [5.41, 5.74) is 14.9. The van der Waals surface area contributed by atoms with Gasteiger partial charge in [-0.1, -0.05) is 145 Å². The number of benzene rings is 16. The predicted molar refractivity (Wildman–Crippen MR) is 433 cm³/mol. The van der Waals surface area contributed by atoms with Gasteiger partial charge < -0.3 is 37.9 Å². The Hall–Kier alpha value is -12.9. The Morgan fingerprint density at radius 2 is 0.427 bits per heavy atom. The zero-order chi connectivity index (χ0) is 76.9. The fourth-order valence-electron chi connectivity index (χ4n) is 15.3. The molecule has 0 N–H and O–H groups in total. The topological polar surface area (TPSA) is 73.8 Å². The molecule has 0 spiro atoms. The van der Waals surface area contributed by atoms with Crippen molar-refractivity contribution in [1.82, 2.24) is 0 Å². The van der Waals surface area contributed by atoms with Crippen molar-refractivity contribution < 1.29 is 64.2 Å². The van der Waals surface area contributed by atoms with Gasteiger partial charge in [-0.15, -0.1) is 0 Å². The lowest BCUT2D eigenvalue weighted by Crippen LogP contribution is -2.04. The third-order valence-electron chi connectivity index (χ3n) is 20.7. The van der Waals surface area contributed by atoms with Crippen LogP contribution in [0.1, 0.15) is 22.3 Å². The standard InChI is InChI=1S/C48H34F6O4.C48H40O4/c1-55-34-17-9-27(10-18-34)39-25-37(58-4)26-41-44(29-7-15-33(16-8-29)48(52,53)54)46-40(43(45(39)41)28-5-13-32(14-6-28)47(49,50)51)24-31-23-36(57-3)21-22-38(31)42(46)30-11-19-35(56-2)20-12-30;1-29-7-11-32(12-8-29)45-42-26-35-25-38(51-5)23-24-40(35)44(34-17-21-37(50-4)22-18-34)48(42)46(33-13-9-30(2)10-14-33)43-28-39(52-6)27-41(47(43)45)31-15-19-36(49-3)20-16-31/h5-26H,1-4H3;7-28H,1-6H3. The van der Waals surface area contributed by atoms with Crippen molar-refractivity contribution in [3.63, 3.8) is 0 Å². The molecule has 0 amide bonds. The van der Waals surface area contributed by atoms with Crippen LogP contribution in [0.3, 0.4) is 0 Å². The second-order valence-corrected chi connectivity index (χ2v) is 27.0. The SMILES string of the molecule is COc1ccc(-c2cc(OC)cc3c(-c4ccc(C(F)(F)F)cc4)c4c(-c5ccc(OC)cc5)c5ccc(OC)cc5cc4c(-c4ccc(C(F)(F)F)cc4)c23)cc1.COc1ccc(-c2cc(OC)cc3c(-c4ccc(C)cc4)c4c(-c5ccc(OC)cc5)c5ccc(OC)cc5cc4c(-c4ccc(C)cc4)c23)cc1. The van der Waals surface area contributed by atoms with Crippen LogP contribution < -0.4 is 37.9 Å². The number of fused-ring (bicyclic) bond motifs is 6. The maximum Gasteiger partial charge on any atom is 0.416 e. The monoisotopic (exact) mass is 1470 g/mol. The molecule has 16 aromatic rings. The highest BCUT2D eigenvalue weighted by Gasteiger charge is 2.34. The van der Waals surface area contributed by atoms with Gasteiger partial charge in [-0.2, -0.15) is 26.3 Å². The van der Waals surface area contributed by atoms with E-state index in [-0.39, 0.29) is 0 Å². The molecule has 0 bridgehead atoms. The third kappa shape index (κ3) is 13.6. The van der Waals surface area contributed by atoms with Gasteiger partial charge in [0.2, 0.25) is 0 Å². The summed E-state index contributed by atoms with van der Waals surface area (Å²) in [4.78, 5) is 0. The van der Waals surface area contributed by atoms with Crippen LogP contribution >= 0.6 is 0 Å². The first-order valence-corrected chi connectivity index (χ1v) is 35.5. The molecule has 0 aliphatic rings. The van der Waals surface area contributed by atoms with Crippen LogP contribution in [0.5, 0.6) is 46.0 Å². The highest BCUT2D eigenvalue weighted by molar-refractivity contribution is 6.33. The molecule has 0 fully saturated rings. The van der Waals surface area contributed by atoms with Crippen molar-refractivity contribution in [3.05, 3.63) is 289 Å². The fourth-order valence-corrected chi connectivity index (χ4v) is 15.3. The third-order valence-corrected chi connectivity index (χ3v) is 20.7. The minimum atomic E-state index is -4.58. The number of alkyl halides is 6. The molecule has 548 valence electrons. The molecule has 110 heavy (non-hydrogen) atoms. The summed E-state index contributed by atoms with van der Waals surface area (Å²) in [5.74, 6) is 5.49. The minimum absolute atomic E-state index is 0.459. The summed E-state index contributed by atoms with van der Waals surface area (Å²) in [6, 6.07) is 83.8. The largest absolute Gasteiger partial charge is 0.497 e. The first-order chi connectivity index (χ1) is 53.2. The van der Waals surface area contributed by atoms with Crippen molar-refractivity contribution in [1.29, 1.82) is 0 Å². The van der Waals surface area contributed by atoms with Crippen LogP contribution in [0.4, 0.5) is 26.3 Å². The average Bonchev–Trinajstić information content (AvgIpc) is 0.707. The molecule has 0 saturated heterocycles. The van der Waals surface area contributed by atoms with Gasteiger partial charge >= 0.3 is 12.4 Å². The molecular formula is C96H74F6O8. The second kappa shape index (κ2) is 29.7. The summed E-state index contributed by atoms with van der Waals surface area (Å²) in [7, 11) is 13.1. The van der Waals surface area contributed by atoms with Crippen LogP contribution in [0.25, 0.3) is 154 Å². The van der Waals surface area contributed by atoms with E-state index >= 15 is 0 Å². The molecule has 16 rings (SSSR count). The molecule has 0 aliphatic carbocycles. The molecule has 0 saturated carbocycles. The number of hydrogen-bond acceptors (Lipinski definition) is 8. The van der Waals surface area contributed by atoms with Crippen molar-refractivity contribution in [2.45, 2.75) is 26.2 Å². The van der Waals surface area contributed by atoms with Gasteiger partial charge in [0.25, 0.3) is 0 Å². The van der Waals surface area contributed by atoms with E-state index < -0.39 is 23.5 Å². The maximum absolute atomic E-state index is 14.0. The van der Waals surface area contributed by atoms with Crippen LogP contribution in [-0.4, -0.2) is 56.9 Å². The van der Waals surface area contributed by atoms with Crippen molar-refractivity contribution in [2.24, 2.45) is 0 Å². The Morgan fingerprint density at radius 1 is 0.200 bits per heavy atom. The lowest BCUT2D eigenvalue weighted by atomic mass is 9.79. The highest BCUT2D eigenvalue weighted by Crippen LogP contribution is 2.56. The smallest absolute Gasteiger partial charge is 0.416 e. The van der Waals surface area contributed by atoms with Gasteiger partial charge in [-0.3, -0.25) is 0 Å². The lowest BCUT2D eigenvalue weighted by Gasteiger charge is -2.25. The van der Waals surface area contributed by atoms with E-state index in [1.807, 2.05) is 97.1 Å². The minimum Gasteiger partial charge on any atom is -0.497 e. The molecule has 0 radical (unpaired) electrons. The molecule has 0 aliphatic heterocycles. The molecule has 14 heteroatoms. The van der Waals surface area contributed by atoms with Crippen LogP contribution in [0, 0.1) is 13.8 Å². The van der Waals surface area contributed by atoms with Crippen LogP contribution in [0.2, 0.25) is 0 Å². The maximum atomic E-state index is 14.0. The number of hydrogen-bond donors (Lipinski definition) is 0. The zero-order valence-electron chi connectivity index (χ0n) is 61.9. The van der Waals surface area contributed by atoms with Gasteiger partial charge in [-0.25, -0.2) is 0 Å². The number of halogens is 6. The molecular weight excluding hydrogens is 1400 g/mol. The van der Waals surface area contributed by atoms with Crippen LogP contribution in [0.15, 0.2) is 267 Å². The van der Waals surface area contributed by atoms with Crippen molar-refractivity contribution >= 4 is 64.6 Å². The van der Waals surface area contributed by atoms with Gasteiger partial charge in [0.15, 0.2) is 0 Å². The van der Waals surface area contributed by atoms with E-state index in [1.165, 1.54) is 47.9 Å². The normalized spacial score (nSPS) is 11.6. The summed E-state index contributed by atoms with van der Waals surface area (Å²) in [6.45, 7) is 4.27. The Morgan fingerprint density at radius 3 is 0.700 bits per heavy atom. The Balaban J connectivity index is 0.000000176. The van der Waals surface area contributed by atoms with Gasteiger partial charge in [-0.05, 0) is 301 Å². The second-order valence-electron chi connectivity index (χ2n) is 27.0. The van der Waals surface area contributed by atoms with Crippen LogP contribution in [-0.2, 0) is 12.4 Å². The molecule has 0 heterocycles. The first-order valence-electron chi connectivity index (χ1n) is 35.5. The Bertz CT molecular complexity index is 6160. The Kier molecular flexibility index (Phi) is 19.6. The molecule has 8 nitrogen and oxygen atoms in total. The molecule has 0 aromatic heterocycles. The summed E-state index contributed by atoms with van der Waals surface area (Å²) in [5, 5.41) is 11.0.